The van der Waals surface area contributed by atoms with Crippen molar-refractivity contribution >= 4 is 0 Å². The Balaban J connectivity index is 0.000000461. The fourth-order valence-electron chi connectivity index (χ4n) is 0.800. The average Bonchev–Trinajstić information content (AvgIpc) is 2.57. The summed E-state index contributed by atoms with van der Waals surface area (Å²) in [6.07, 6.45) is 8.50. The Morgan fingerprint density at radius 2 is 2.09 bits per heavy atom. The predicted molar refractivity (Wildman–Crippen MR) is 47.2 cm³/mol. The maximum absolute atomic E-state index is 3.00. The molecule has 2 nitrogen and oxygen atoms in total. The molecule has 1 N–H and O–H groups in total. The number of hydrogen-bond acceptors (Lipinski definition) is 0. The number of rotatable bonds is 3. The highest BCUT2D eigenvalue weighted by molar-refractivity contribution is 4.55. The van der Waals surface area contributed by atoms with Crippen molar-refractivity contribution in [3.63, 3.8) is 0 Å². The normalized spacial score (nSPS) is 8.64. The molecule has 0 atom stereocenters. The molecule has 0 unspecified atom stereocenters. The third kappa shape index (κ3) is 4.59. The van der Waals surface area contributed by atoms with Crippen molar-refractivity contribution in [1.29, 1.82) is 0 Å². The summed E-state index contributed by atoms with van der Waals surface area (Å²) in [6, 6.07) is 0. The van der Waals surface area contributed by atoms with Crippen LogP contribution >= 0.6 is 0 Å². The molecule has 64 valence electrons. The van der Waals surface area contributed by atoms with Gasteiger partial charge in [0.05, 0.1) is 6.54 Å². The second-order valence-corrected chi connectivity index (χ2v) is 2.20. The van der Waals surface area contributed by atoms with Crippen LogP contribution in [0.15, 0.2) is 18.7 Å². The van der Waals surface area contributed by atoms with E-state index in [2.05, 4.69) is 22.7 Å². The van der Waals surface area contributed by atoms with Crippen LogP contribution in [0.2, 0.25) is 0 Å². The van der Waals surface area contributed by atoms with E-state index in [9.17, 15) is 0 Å². The molecule has 0 aliphatic carbocycles. The summed E-state index contributed by atoms with van der Waals surface area (Å²) in [7, 11) is 0. The fourth-order valence-corrected chi connectivity index (χ4v) is 0.800. The van der Waals surface area contributed by atoms with Crippen LogP contribution in [0, 0.1) is 0 Å². The van der Waals surface area contributed by atoms with Crippen molar-refractivity contribution in [3.8, 4) is 0 Å². The molecular formula is C9H19N2+. The van der Waals surface area contributed by atoms with Crippen LogP contribution in [0.1, 0.15) is 33.6 Å². The molecule has 0 spiro atoms. The number of unbranched alkanes of at least 4 members (excludes halogenated alkanes) is 1. The second kappa shape index (κ2) is 7.32. The molecule has 1 rings (SSSR count). The van der Waals surface area contributed by atoms with Crippen molar-refractivity contribution < 1.29 is 4.57 Å². The highest BCUT2D eigenvalue weighted by Gasteiger charge is 1.92. The Kier molecular flexibility index (Phi) is 6.79. The van der Waals surface area contributed by atoms with E-state index in [1.54, 1.807) is 0 Å². The first-order valence-corrected chi connectivity index (χ1v) is 4.45. The lowest BCUT2D eigenvalue weighted by Crippen LogP contribution is -2.29. The van der Waals surface area contributed by atoms with Gasteiger partial charge in [0.15, 0.2) is 0 Å². The molecular weight excluding hydrogens is 136 g/mol. The van der Waals surface area contributed by atoms with Gasteiger partial charge in [0.25, 0.3) is 0 Å². The minimum atomic E-state index is 1.14. The SMILES string of the molecule is CC.CCCC[n+]1cc[nH]c1. The van der Waals surface area contributed by atoms with Gasteiger partial charge in [0, 0.05) is 0 Å². The van der Waals surface area contributed by atoms with Gasteiger partial charge in [0.1, 0.15) is 12.4 Å². The standard InChI is InChI=1S/C7H12N2.C2H6/c1-2-3-5-9-6-4-8-7-9;1-2/h4,6-7H,2-3,5H2,1H3;1-2H3/p+1. The summed E-state index contributed by atoms with van der Waals surface area (Å²) in [6.45, 7) is 7.34. The van der Waals surface area contributed by atoms with Crippen LogP contribution in [0.25, 0.3) is 0 Å². The Bertz CT molecular complexity index is 145. The fraction of sp³-hybridized carbons (Fsp3) is 0.667. The van der Waals surface area contributed by atoms with Gasteiger partial charge in [-0.25, -0.2) is 4.57 Å². The number of aromatic amines is 1. The largest absolute Gasteiger partial charge is 0.250 e. The van der Waals surface area contributed by atoms with E-state index in [4.69, 9.17) is 0 Å². The highest BCUT2D eigenvalue weighted by atomic mass is 15.0. The molecule has 0 aliphatic rings. The van der Waals surface area contributed by atoms with Crippen molar-refractivity contribution in [2.75, 3.05) is 0 Å². The minimum Gasteiger partial charge on any atom is -0.250 e. The number of H-pyrrole nitrogens is 1. The predicted octanol–water partition coefficient (Wildman–Crippen LogP) is 2.13. The Hall–Kier alpha value is -0.790. The second-order valence-electron chi connectivity index (χ2n) is 2.20. The summed E-state index contributed by atoms with van der Waals surface area (Å²) in [4.78, 5) is 3.00. The molecule has 1 aromatic rings. The van der Waals surface area contributed by atoms with E-state index < -0.39 is 0 Å². The van der Waals surface area contributed by atoms with Crippen molar-refractivity contribution in [2.45, 2.75) is 40.2 Å². The van der Waals surface area contributed by atoms with Crippen LogP contribution in [-0.4, -0.2) is 4.98 Å². The maximum Gasteiger partial charge on any atom is 0.241 e. The molecule has 0 aromatic carbocycles. The van der Waals surface area contributed by atoms with E-state index >= 15 is 0 Å². The third-order valence-electron chi connectivity index (χ3n) is 1.37. The number of nitrogens with one attached hydrogen (secondary N) is 1. The van der Waals surface area contributed by atoms with Crippen LogP contribution in [-0.2, 0) is 6.54 Å². The Morgan fingerprint density at radius 1 is 1.36 bits per heavy atom. The summed E-state index contributed by atoms with van der Waals surface area (Å²) >= 11 is 0. The molecule has 0 aliphatic heterocycles. The summed E-state index contributed by atoms with van der Waals surface area (Å²) in [5.74, 6) is 0. The van der Waals surface area contributed by atoms with Crippen LogP contribution < -0.4 is 4.57 Å². The first kappa shape index (κ1) is 10.2. The van der Waals surface area contributed by atoms with Gasteiger partial charge < -0.3 is 0 Å². The molecule has 0 saturated carbocycles. The molecule has 2 heteroatoms. The van der Waals surface area contributed by atoms with Gasteiger partial charge in [-0.05, 0) is 6.42 Å². The summed E-state index contributed by atoms with van der Waals surface area (Å²) in [5.41, 5.74) is 0. The molecule has 1 aromatic heterocycles. The first-order valence-electron chi connectivity index (χ1n) is 4.45. The Morgan fingerprint density at radius 3 is 2.55 bits per heavy atom. The molecule has 0 fully saturated rings. The molecule has 1 heterocycles. The third-order valence-corrected chi connectivity index (χ3v) is 1.37. The van der Waals surface area contributed by atoms with Crippen molar-refractivity contribution in [1.82, 2.24) is 4.98 Å². The number of nitrogens with zero attached hydrogens (tertiary/aromatic N) is 1. The van der Waals surface area contributed by atoms with E-state index in [0.717, 1.165) is 6.54 Å². The van der Waals surface area contributed by atoms with Gasteiger partial charge in [-0.15, -0.1) is 0 Å². The van der Waals surface area contributed by atoms with Gasteiger partial charge in [-0.1, -0.05) is 27.2 Å². The lowest BCUT2D eigenvalue weighted by molar-refractivity contribution is -0.696. The highest BCUT2D eigenvalue weighted by Crippen LogP contribution is 1.84. The molecule has 0 radical (unpaired) electrons. The monoisotopic (exact) mass is 155 g/mol. The van der Waals surface area contributed by atoms with Crippen LogP contribution in [0.4, 0.5) is 0 Å². The zero-order valence-corrected chi connectivity index (χ0v) is 7.80. The average molecular weight is 155 g/mol. The van der Waals surface area contributed by atoms with Crippen molar-refractivity contribution in [3.05, 3.63) is 18.7 Å². The smallest absolute Gasteiger partial charge is 0.241 e. The number of imidazole rings is 1. The van der Waals surface area contributed by atoms with E-state index in [1.807, 2.05) is 26.4 Å². The minimum absolute atomic E-state index is 1.14. The van der Waals surface area contributed by atoms with Crippen LogP contribution in [0.5, 0.6) is 0 Å². The maximum atomic E-state index is 3.00. The quantitative estimate of drug-likeness (QED) is 0.645. The van der Waals surface area contributed by atoms with Crippen molar-refractivity contribution in [2.24, 2.45) is 0 Å². The number of aryl methyl sites for hydroxylation is 1. The van der Waals surface area contributed by atoms with Gasteiger partial charge >= 0.3 is 0 Å². The molecule has 0 amide bonds. The first-order chi connectivity index (χ1) is 5.43. The van der Waals surface area contributed by atoms with Gasteiger partial charge in [-0.2, -0.15) is 0 Å². The molecule has 0 bridgehead atoms. The zero-order chi connectivity index (χ0) is 8.53. The van der Waals surface area contributed by atoms with E-state index in [1.165, 1.54) is 12.8 Å². The van der Waals surface area contributed by atoms with E-state index in [0.29, 0.717) is 0 Å². The number of hydrogen-bond donors (Lipinski definition) is 1. The summed E-state index contributed by atoms with van der Waals surface area (Å²) < 4.78 is 2.16. The lowest BCUT2D eigenvalue weighted by atomic mass is 10.3. The molecule has 0 saturated heterocycles. The molecule has 11 heavy (non-hydrogen) atoms. The summed E-state index contributed by atoms with van der Waals surface area (Å²) in [5, 5.41) is 0. The van der Waals surface area contributed by atoms with Gasteiger partial charge in [-0.3, -0.25) is 4.98 Å². The lowest BCUT2D eigenvalue weighted by Gasteiger charge is -1.89. The van der Waals surface area contributed by atoms with Gasteiger partial charge in [0.2, 0.25) is 6.33 Å². The van der Waals surface area contributed by atoms with E-state index in [-0.39, 0.29) is 0 Å². The number of aromatic nitrogens is 2. The van der Waals surface area contributed by atoms with Crippen LogP contribution in [0.3, 0.4) is 0 Å². The Labute approximate surface area is 69.3 Å². The zero-order valence-electron chi connectivity index (χ0n) is 7.80. The topological polar surface area (TPSA) is 19.7 Å².